The van der Waals surface area contributed by atoms with Crippen molar-refractivity contribution in [2.24, 2.45) is 4.99 Å². The van der Waals surface area contributed by atoms with Gasteiger partial charge in [0.2, 0.25) is 0 Å². The van der Waals surface area contributed by atoms with Crippen molar-refractivity contribution in [1.29, 1.82) is 0 Å². The van der Waals surface area contributed by atoms with Crippen molar-refractivity contribution in [3.05, 3.63) is 35.4 Å². The molecule has 1 aromatic rings. The van der Waals surface area contributed by atoms with Crippen molar-refractivity contribution in [1.82, 2.24) is 15.5 Å². The van der Waals surface area contributed by atoms with E-state index in [4.69, 9.17) is 4.74 Å². The number of fused-ring (bicyclic) bond motifs is 2. The summed E-state index contributed by atoms with van der Waals surface area (Å²) in [6, 6.07) is 9.50. The predicted molar refractivity (Wildman–Crippen MR) is 117 cm³/mol. The average molecular weight is 401 g/mol. The van der Waals surface area contributed by atoms with Gasteiger partial charge < -0.3 is 20.3 Å². The molecule has 2 fully saturated rings. The number of aliphatic imine (C=N–C) groups is 1. The lowest BCUT2D eigenvalue weighted by atomic mass is 9.98. The highest BCUT2D eigenvalue weighted by molar-refractivity contribution is 5.80. The Kier molecular flexibility index (Phi) is 6.70. The Morgan fingerprint density at radius 2 is 1.79 bits per heavy atom. The Hall–Kier alpha value is -2.24. The molecule has 0 radical (unpaired) electrons. The summed E-state index contributed by atoms with van der Waals surface area (Å²) in [5.41, 5.74) is 2.16. The van der Waals surface area contributed by atoms with E-state index in [9.17, 15) is 4.79 Å². The number of hydrogen-bond donors (Lipinski definition) is 2. The second kappa shape index (κ2) is 9.06. The Bertz CT molecular complexity index is 709. The minimum absolute atomic E-state index is 0.163. The van der Waals surface area contributed by atoms with E-state index in [2.05, 4.69) is 46.8 Å². The number of benzene rings is 1. The summed E-state index contributed by atoms with van der Waals surface area (Å²) in [4.78, 5) is 19.0. The molecule has 0 spiro atoms. The Balaban J connectivity index is 1.48. The van der Waals surface area contributed by atoms with Gasteiger partial charge in [-0.1, -0.05) is 29.8 Å². The second-order valence-electron chi connectivity index (χ2n) is 9.32. The van der Waals surface area contributed by atoms with Gasteiger partial charge in [0.1, 0.15) is 5.60 Å². The number of nitrogens with zero attached hydrogens (tertiary/aromatic N) is 2. The van der Waals surface area contributed by atoms with Gasteiger partial charge in [-0.25, -0.2) is 4.79 Å². The van der Waals surface area contributed by atoms with Crippen LogP contribution < -0.4 is 10.6 Å². The Morgan fingerprint density at radius 1 is 1.17 bits per heavy atom. The fourth-order valence-corrected chi connectivity index (χ4v) is 4.38. The van der Waals surface area contributed by atoms with E-state index in [-0.39, 0.29) is 18.2 Å². The van der Waals surface area contributed by atoms with Gasteiger partial charge >= 0.3 is 6.09 Å². The molecule has 160 valence electrons. The molecule has 6 heteroatoms. The second-order valence-corrected chi connectivity index (χ2v) is 9.32. The van der Waals surface area contributed by atoms with Crippen molar-refractivity contribution in [2.45, 2.75) is 83.5 Å². The fraction of sp³-hybridized carbons (Fsp3) is 0.652. The van der Waals surface area contributed by atoms with Crippen molar-refractivity contribution in [2.75, 3.05) is 13.6 Å². The van der Waals surface area contributed by atoms with Gasteiger partial charge in [-0.3, -0.25) is 4.99 Å². The molecule has 2 aliphatic heterocycles. The van der Waals surface area contributed by atoms with Crippen LogP contribution in [0.1, 0.15) is 57.6 Å². The molecule has 6 nitrogen and oxygen atoms in total. The van der Waals surface area contributed by atoms with E-state index in [1.54, 1.807) is 0 Å². The molecule has 1 amide bonds. The number of ether oxygens (including phenoxy) is 1. The van der Waals surface area contributed by atoms with E-state index in [1.165, 1.54) is 11.1 Å². The highest BCUT2D eigenvalue weighted by Gasteiger charge is 2.45. The number of hydrogen-bond acceptors (Lipinski definition) is 3. The first-order valence-corrected chi connectivity index (χ1v) is 10.8. The minimum Gasteiger partial charge on any atom is -0.444 e. The molecule has 2 unspecified atom stereocenters. The monoisotopic (exact) mass is 400 g/mol. The zero-order valence-corrected chi connectivity index (χ0v) is 18.5. The van der Waals surface area contributed by atoms with Crippen LogP contribution in [0.4, 0.5) is 4.79 Å². The summed E-state index contributed by atoms with van der Waals surface area (Å²) >= 11 is 0. The number of carbonyl (C=O) groups excluding carboxylic acids is 1. The SMILES string of the molecule is CN=C(NCCc1ccc(C)cc1)NC1CC2CCC(C1)N2C(=O)OC(C)(C)C. The molecule has 0 aromatic heterocycles. The smallest absolute Gasteiger partial charge is 0.410 e. The summed E-state index contributed by atoms with van der Waals surface area (Å²) in [5, 5.41) is 7.00. The van der Waals surface area contributed by atoms with Crippen LogP contribution in [0.25, 0.3) is 0 Å². The van der Waals surface area contributed by atoms with Gasteiger partial charge in [-0.2, -0.15) is 0 Å². The van der Waals surface area contributed by atoms with E-state index < -0.39 is 5.60 Å². The van der Waals surface area contributed by atoms with Crippen molar-refractivity contribution in [3.63, 3.8) is 0 Å². The maximum absolute atomic E-state index is 12.6. The summed E-state index contributed by atoms with van der Waals surface area (Å²) in [5.74, 6) is 0.840. The molecule has 0 aliphatic carbocycles. The minimum atomic E-state index is -0.449. The molecule has 2 N–H and O–H groups in total. The number of aryl methyl sites for hydroxylation is 1. The molecule has 1 aromatic carbocycles. The van der Waals surface area contributed by atoms with Gasteiger partial charge in [0.05, 0.1) is 0 Å². The molecule has 2 saturated heterocycles. The number of guanidine groups is 1. The topological polar surface area (TPSA) is 66.0 Å². The predicted octanol–water partition coefficient (Wildman–Crippen LogP) is 3.63. The lowest BCUT2D eigenvalue weighted by Gasteiger charge is -2.40. The quantitative estimate of drug-likeness (QED) is 0.598. The molecule has 3 rings (SSSR count). The highest BCUT2D eigenvalue weighted by Crippen LogP contribution is 2.36. The first-order valence-electron chi connectivity index (χ1n) is 10.8. The van der Waals surface area contributed by atoms with Crippen LogP contribution in [-0.4, -0.2) is 54.3 Å². The maximum Gasteiger partial charge on any atom is 0.410 e. The zero-order chi connectivity index (χ0) is 21.0. The van der Waals surface area contributed by atoms with Crippen molar-refractivity contribution >= 4 is 12.1 Å². The summed E-state index contributed by atoms with van der Waals surface area (Å²) < 4.78 is 5.63. The lowest BCUT2D eigenvalue weighted by Crippen LogP contribution is -2.55. The number of carbonyl (C=O) groups is 1. The molecule has 29 heavy (non-hydrogen) atoms. The molecule has 2 aliphatic rings. The zero-order valence-electron chi connectivity index (χ0n) is 18.5. The Morgan fingerprint density at radius 3 is 2.34 bits per heavy atom. The third-order valence-corrected chi connectivity index (χ3v) is 5.73. The summed E-state index contributed by atoms with van der Waals surface area (Å²) in [6.45, 7) is 8.72. The third-order valence-electron chi connectivity index (χ3n) is 5.73. The van der Waals surface area contributed by atoms with E-state index >= 15 is 0 Å². The van der Waals surface area contributed by atoms with E-state index in [0.29, 0.717) is 6.04 Å². The van der Waals surface area contributed by atoms with Gasteiger partial charge in [-0.15, -0.1) is 0 Å². The number of amides is 1. The fourth-order valence-electron chi connectivity index (χ4n) is 4.38. The van der Waals surface area contributed by atoms with Crippen molar-refractivity contribution in [3.8, 4) is 0 Å². The van der Waals surface area contributed by atoms with Crippen LogP contribution in [-0.2, 0) is 11.2 Å². The summed E-state index contributed by atoms with van der Waals surface area (Å²) in [7, 11) is 1.81. The van der Waals surface area contributed by atoms with Crippen LogP contribution in [0.3, 0.4) is 0 Å². The molecular formula is C23H36N4O2. The van der Waals surface area contributed by atoms with Crippen LogP contribution in [0.15, 0.2) is 29.3 Å². The number of piperidine rings is 1. The molecular weight excluding hydrogens is 364 g/mol. The van der Waals surface area contributed by atoms with E-state index in [1.807, 2.05) is 32.7 Å². The van der Waals surface area contributed by atoms with Crippen LogP contribution in [0.2, 0.25) is 0 Å². The third kappa shape index (κ3) is 5.87. The van der Waals surface area contributed by atoms with Crippen LogP contribution in [0, 0.1) is 6.92 Å². The first-order chi connectivity index (χ1) is 13.7. The van der Waals surface area contributed by atoms with Crippen molar-refractivity contribution < 1.29 is 9.53 Å². The molecule has 2 heterocycles. The molecule has 2 atom stereocenters. The van der Waals surface area contributed by atoms with Gasteiger partial charge in [-0.05, 0) is 65.4 Å². The summed E-state index contributed by atoms with van der Waals surface area (Å²) in [6.07, 6.45) is 4.79. The van der Waals surface area contributed by atoms with E-state index in [0.717, 1.165) is 44.6 Å². The highest BCUT2D eigenvalue weighted by atomic mass is 16.6. The average Bonchev–Trinajstić information content (AvgIpc) is 2.92. The molecule has 2 bridgehead atoms. The van der Waals surface area contributed by atoms with Gasteiger partial charge in [0.25, 0.3) is 0 Å². The van der Waals surface area contributed by atoms with Crippen LogP contribution >= 0.6 is 0 Å². The van der Waals surface area contributed by atoms with Gasteiger partial charge in [0, 0.05) is 31.7 Å². The van der Waals surface area contributed by atoms with Crippen LogP contribution in [0.5, 0.6) is 0 Å². The largest absolute Gasteiger partial charge is 0.444 e. The molecule has 0 saturated carbocycles. The Labute approximate surface area is 175 Å². The number of rotatable bonds is 4. The maximum atomic E-state index is 12.6. The first kappa shape index (κ1) is 21.5. The standard InChI is InChI=1S/C23H36N4O2/c1-16-6-8-17(9-7-16)12-13-25-21(24-5)26-18-14-19-10-11-20(15-18)27(19)22(28)29-23(2,3)4/h6-9,18-20H,10-15H2,1-5H3,(H2,24,25,26). The normalized spacial score (nSPS) is 24.4. The van der Waals surface area contributed by atoms with Gasteiger partial charge in [0.15, 0.2) is 5.96 Å². The number of nitrogens with one attached hydrogen (secondary N) is 2. The lowest BCUT2D eigenvalue weighted by molar-refractivity contribution is 0.00545.